The minimum atomic E-state index is -0.391. The Balaban J connectivity index is 0.842. The molecule has 338 valence electrons. The Hall–Kier alpha value is -7.95. The van der Waals surface area contributed by atoms with Gasteiger partial charge in [-0.25, -0.2) is 15.0 Å². The largest absolute Gasteiger partial charge is 0.470 e. The van der Waals surface area contributed by atoms with Crippen LogP contribution in [0.15, 0.2) is 241 Å². The average Bonchev–Trinajstić information content (AvgIpc) is 4.01. The summed E-state index contributed by atoms with van der Waals surface area (Å²) in [6, 6.07) is 59.4. The molecule has 0 saturated heterocycles. The Bertz CT molecular complexity index is 3420. The van der Waals surface area contributed by atoms with Crippen LogP contribution in [-0.4, -0.2) is 22.0 Å². The number of fused-ring (bicyclic) bond motifs is 4. The minimum absolute atomic E-state index is 0.0229. The Kier molecular flexibility index (Phi) is 10.8. The topological polar surface area (TPSA) is 47.4 Å². The maximum atomic E-state index is 6.58. The highest BCUT2D eigenvalue weighted by Crippen LogP contribution is 2.61. The van der Waals surface area contributed by atoms with Crippen LogP contribution >= 0.6 is 0 Å². The van der Waals surface area contributed by atoms with E-state index in [-0.39, 0.29) is 23.9 Å². The lowest BCUT2D eigenvalue weighted by Gasteiger charge is -2.41. The first kappa shape index (κ1) is 42.2. The number of hydrogen-bond donors (Lipinski definition) is 0. The van der Waals surface area contributed by atoms with Gasteiger partial charge in [0.25, 0.3) is 0 Å². The third-order valence-electron chi connectivity index (χ3n) is 15.4. The van der Waals surface area contributed by atoms with Gasteiger partial charge in [0.2, 0.25) is 0 Å². The van der Waals surface area contributed by atoms with E-state index in [4.69, 9.17) is 19.7 Å². The summed E-state index contributed by atoms with van der Waals surface area (Å²) in [5.41, 5.74) is 18.2. The summed E-state index contributed by atoms with van der Waals surface area (Å²) in [6.45, 7) is 0. The van der Waals surface area contributed by atoms with E-state index in [1.807, 2.05) is 6.07 Å². The van der Waals surface area contributed by atoms with Crippen LogP contribution in [-0.2, 0) is 10.2 Å². The zero-order chi connectivity index (χ0) is 46.4. The predicted molar refractivity (Wildman–Crippen MR) is 287 cm³/mol. The van der Waals surface area contributed by atoms with Crippen molar-refractivity contribution >= 4 is 17.0 Å². The molecule has 6 aliphatic rings. The van der Waals surface area contributed by atoms with E-state index in [0.29, 0.717) is 5.82 Å². The van der Waals surface area contributed by atoms with E-state index >= 15 is 0 Å². The van der Waals surface area contributed by atoms with Crippen LogP contribution in [0.2, 0.25) is 0 Å². The van der Waals surface area contributed by atoms with Crippen molar-refractivity contribution in [2.24, 2.45) is 16.8 Å². The molecule has 0 amide bonds. The zero-order valence-corrected chi connectivity index (χ0v) is 39.2. The number of ether oxygens (including phenoxy) is 1. The number of aliphatic imine (C=N–C) groups is 1. The first-order valence-electron chi connectivity index (χ1n) is 25.2. The second kappa shape index (κ2) is 17.9. The fraction of sp³-hybridized carbons (Fsp3) is 0.167. The van der Waals surface area contributed by atoms with Crippen LogP contribution in [0, 0.1) is 11.8 Å². The molecule has 0 saturated carbocycles. The molecule has 1 aromatic heterocycles. The fourth-order valence-electron chi connectivity index (χ4n) is 12.0. The summed E-state index contributed by atoms with van der Waals surface area (Å²) in [5.74, 6) is 2.21. The van der Waals surface area contributed by atoms with Crippen molar-refractivity contribution in [3.05, 3.63) is 264 Å². The van der Waals surface area contributed by atoms with Crippen molar-refractivity contribution in [2.45, 2.75) is 56.0 Å². The van der Waals surface area contributed by atoms with Crippen LogP contribution in [0.1, 0.15) is 72.3 Å². The third kappa shape index (κ3) is 7.50. The van der Waals surface area contributed by atoms with Crippen LogP contribution < -0.4 is 0 Å². The Morgan fingerprint density at radius 1 is 0.543 bits per heavy atom. The lowest BCUT2D eigenvalue weighted by Crippen LogP contribution is -2.36. The number of rotatable bonds is 9. The van der Waals surface area contributed by atoms with Crippen molar-refractivity contribution in [3.63, 3.8) is 0 Å². The molecule has 0 fully saturated rings. The summed E-state index contributed by atoms with van der Waals surface area (Å²) in [7, 11) is 0. The lowest BCUT2D eigenvalue weighted by molar-refractivity contribution is 0.231. The molecule has 5 atom stereocenters. The number of benzene rings is 6. The number of hydrogen-bond acceptors (Lipinski definition) is 4. The predicted octanol–water partition coefficient (Wildman–Crippen LogP) is 15.9. The molecule has 5 aliphatic carbocycles. The first-order valence-corrected chi connectivity index (χ1v) is 25.2. The highest BCUT2D eigenvalue weighted by Gasteiger charge is 2.54. The SMILES string of the molecule is C1=CC(c2ccc(-c3cc(-c4ccccc4)nc(-c4cccc(-c5cccc(C6=CC7c8ccccc8C(C8=CCC9OC(C%10C=CCCC%10)=NC9=C8)(c8ccccc8)C7C=C6)c5)c4)n3)cc2)=CCC1. The van der Waals surface area contributed by atoms with Crippen LogP contribution in [0.5, 0.6) is 0 Å². The van der Waals surface area contributed by atoms with Gasteiger partial charge in [-0.1, -0.05) is 200 Å². The molecule has 4 heteroatoms. The third-order valence-corrected chi connectivity index (χ3v) is 15.4. The molecule has 0 bridgehead atoms. The second-order valence-corrected chi connectivity index (χ2v) is 19.5. The van der Waals surface area contributed by atoms with E-state index in [1.165, 1.54) is 51.0 Å². The molecule has 13 rings (SSSR count). The number of allylic oxidation sites excluding steroid dienone is 11. The number of aromatic nitrogens is 2. The van der Waals surface area contributed by atoms with E-state index in [0.717, 1.165) is 82.9 Å². The van der Waals surface area contributed by atoms with Gasteiger partial charge < -0.3 is 4.74 Å². The highest BCUT2D eigenvalue weighted by molar-refractivity contribution is 5.85. The van der Waals surface area contributed by atoms with Crippen LogP contribution in [0.3, 0.4) is 0 Å². The molecule has 1 aliphatic heterocycles. The van der Waals surface area contributed by atoms with Gasteiger partial charge in [-0.15, -0.1) is 0 Å². The number of nitrogens with zero attached hydrogens (tertiary/aromatic N) is 3. The van der Waals surface area contributed by atoms with E-state index in [2.05, 4.69) is 218 Å². The first-order chi connectivity index (χ1) is 34.7. The van der Waals surface area contributed by atoms with Crippen molar-refractivity contribution in [1.82, 2.24) is 9.97 Å². The smallest absolute Gasteiger partial charge is 0.196 e. The van der Waals surface area contributed by atoms with Crippen molar-refractivity contribution in [3.8, 4) is 45.0 Å². The molecule has 5 unspecified atom stereocenters. The maximum Gasteiger partial charge on any atom is 0.196 e. The van der Waals surface area contributed by atoms with Gasteiger partial charge in [0.05, 0.1) is 28.4 Å². The second-order valence-electron chi connectivity index (χ2n) is 19.5. The van der Waals surface area contributed by atoms with Crippen LogP contribution in [0.4, 0.5) is 0 Å². The lowest BCUT2D eigenvalue weighted by atomic mass is 9.61. The fourth-order valence-corrected chi connectivity index (χ4v) is 12.0. The highest BCUT2D eigenvalue weighted by atomic mass is 16.5. The molecule has 2 heterocycles. The molecule has 0 spiro atoms. The molecule has 70 heavy (non-hydrogen) atoms. The Morgan fingerprint density at radius 3 is 2.01 bits per heavy atom. The van der Waals surface area contributed by atoms with Gasteiger partial charge in [-0.05, 0) is 112 Å². The standard InChI is InChI=1S/C66H53N3O/c1-5-17-44(18-6-1)45-31-33-47(34-32-45)61-43-60(46-19-7-2-8-20-46)67-64(68-61)53-26-16-25-51(40-53)49-23-15-24-50(39-49)52-35-37-59-57(41-52)56-29-13-14-30-58(56)66(59,54-27-11-4-12-28-54)55-36-38-63-62(42-55)69-65(70-63)48-21-9-3-10-22-48/h2,4-5,7-9,11-21,23-37,39-43,48,57,59,63H,1,3,6,10,22,38H2. The molecule has 0 radical (unpaired) electrons. The summed E-state index contributed by atoms with van der Waals surface area (Å²) in [5, 5.41) is 0. The van der Waals surface area contributed by atoms with Gasteiger partial charge in [-0.2, -0.15) is 0 Å². The van der Waals surface area contributed by atoms with Gasteiger partial charge in [0.1, 0.15) is 6.10 Å². The Labute approximate surface area is 411 Å². The quantitative estimate of drug-likeness (QED) is 0.136. The Morgan fingerprint density at radius 2 is 1.24 bits per heavy atom. The van der Waals surface area contributed by atoms with Gasteiger partial charge in [0, 0.05) is 34.9 Å². The van der Waals surface area contributed by atoms with Gasteiger partial charge in [-0.3, -0.25) is 0 Å². The summed E-state index contributed by atoms with van der Waals surface area (Å²) in [6.07, 6.45) is 30.0. The average molecular weight is 904 g/mol. The minimum Gasteiger partial charge on any atom is -0.470 e. The van der Waals surface area contributed by atoms with E-state index < -0.39 is 5.41 Å². The molecular formula is C66H53N3O. The van der Waals surface area contributed by atoms with Crippen molar-refractivity contribution in [2.75, 3.05) is 0 Å². The van der Waals surface area contributed by atoms with E-state index in [1.54, 1.807) is 0 Å². The summed E-state index contributed by atoms with van der Waals surface area (Å²) < 4.78 is 6.58. The van der Waals surface area contributed by atoms with Crippen molar-refractivity contribution < 1.29 is 4.74 Å². The molecule has 7 aromatic rings. The monoisotopic (exact) mass is 903 g/mol. The summed E-state index contributed by atoms with van der Waals surface area (Å²) >= 11 is 0. The van der Waals surface area contributed by atoms with Gasteiger partial charge >= 0.3 is 0 Å². The maximum absolute atomic E-state index is 6.58. The zero-order valence-electron chi connectivity index (χ0n) is 39.2. The van der Waals surface area contributed by atoms with Gasteiger partial charge in [0.15, 0.2) is 11.7 Å². The molecule has 4 nitrogen and oxygen atoms in total. The van der Waals surface area contributed by atoms with E-state index in [9.17, 15) is 0 Å². The normalized spacial score (nSPS) is 22.9. The van der Waals surface area contributed by atoms with Crippen molar-refractivity contribution in [1.29, 1.82) is 0 Å². The molecule has 0 N–H and O–H groups in total. The molecule has 6 aromatic carbocycles. The van der Waals surface area contributed by atoms with Crippen LogP contribution in [0.25, 0.3) is 56.2 Å². The molecular weight excluding hydrogens is 851 g/mol. The summed E-state index contributed by atoms with van der Waals surface area (Å²) in [4.78, 5) is 15.7.